The molecule has 0 aliphatic carbocycles. The van der Waals surface area contributed by atoms with Crippen LogP contribution in [0.3, 0.4) is 0 Å². The molecule has 0 radical (unpaired) electrons. The number of alkyl halides is 2. The van der Waals surface area contributed by atoms with Crippen LogP contribution in [0, 0.1) is 0 Å². The number of rotatable bonds is 2. The molecule has 1 rings (SSSR count). The molecule has 2 nitrogen and oxygen atoms in total. The molecule has 4 heteroatoms. The van der Waals surface area contributed by atoms with Crippen LogP contribution in [0.2, 0.25) is 0 Å². The molecule has 1 heterocycles. The first-order valence-corrected chi connectivity index (χ1v) is 2.79. The highest BCUT2D eigenvalue weighted by Gasteiger charge is 2.19. The third kappa shape index (κ3) is 1.33. The van der Waals surface area contributed by atoms with Gasteiger partial charge in [0.25, 0.3) is 6.43 Å². The first-order valence-electron chi connectivity index (χ1n) is 2.79. The predicted octanol–water partition coefficient (Wildman–Crippen LogP) is 1.54. The SMILES string of the molecule is N[C@H](c1ccco1)C(F)F. The van der Waals surface area contributed by atoms with E-state index in [0.717, 1.165) is 0 Å². The lowest BCUT2D eigenvalue weighted by atomic mass is 10.2. The Balaban J connectivity index is 2.68. The molecule has 1 aromatic heterocycles. The van der Waals surface area contributed by atoms with Crippen LogP contribution in [0.5, 0.6) is 0 Å². The summed E-state index contributed by atoms with van der Waals surface area (Å²) in [7, 11) is 0. The van der Waals surface area contributed by atoms with Gasteiger partial charge in [-0.2, -0.15) is 0 Å². The fourth-order valence-electron chi connectivity index (χ4n) is 0.605. The van der Waals surface area contributed by atoms with Crippen molar-refractivity contribution in [3.05, 3.63) is 24.2 Å². The number of nitrogens with two attached hydrogens (primary N) is 1. The van der Waals surface area contributed by atoms with Crippen LogP contribution >= 0.6 is 0 Å². The van der Waals surface area contributed by atoms with Crippen LogP contribution in [0.25, 0.3) is 0 Å². The largest absolute Gasteiger partial charge is 0.467 e. The molecule has 1 atom stereocenters. The fraction of sp³-hybridized carbons (Fsp3) is 0.333. The van der Waals surface area contributed by atoms with Crippen LogP contribution in [0.4, 0.5) is 8.78 Å². The van der Waals surface area contributed by atoms with Crippen LogP contribution in [-0.2, 0) is 0 Å². The van der Waals surface area contributed by atoms with E-state index in [1.807, 2.05) is 0 Å². The Bertz CT molecular complexity index is 186. The Morgan fingerprint density at radius 3 is 2.60 bits per heavy atom. The molecular formula is C6H7F2NO. The van der Waals surface area contributed by atoms with E-state index in [1.165, 1.54) is 18.4 Å². The lowest BCUT2D eigenvalue weighted by molar-refractivity contribution is 0.106. The molecule has 0 fully saturated rings. The number of furan rings is 1. The maximum atomic E-state index is 11.8. The molecule has 0 aromatic carbocycles. The van der Waals surface area contributed by atoms with E-state index < -0.39 is 12.5 Å². The van der Waals surface area contributed by atoms with Gasteiger partial charge in [0.15, 0.2) is 0 Å². The summed E-state index contributed by atoms with van der Waals surface area (Å²) in [5, 5.41) is 0. The smallest absolute Gasteiger partial charge is 0.260 e. The van der Waals surface area contributed by atoms with Gasteiger partial charge in [-0.25, -0.2) is 8.78 Å². The highest BCUT2D eigenvalue weighted by molar-refractivity contribution is 5.03. The third-order valence-corrected chi connectivity index (χ3v) is 1.14. The molecular weight excluding hydrogens is 140 g/mol. The van der Waals surface area contributed by atoms with Gasteiger partial charge in [0.05, 0.1) is 6.26 Å². The Morgan fingerprint density at radius 1 is 1.50 bits per heavy atom. The maximum absolute atomic E-state index is 11.8. The van der Waals surface area contributed by atoms with E-state index in [9.17, 15) is 8.78 Å². The van der Waals surface area contributed by atoms with E-state index in [4.69, 9.17) is 5.73 Å². The quantitative estimate of drug-likeness (QED) is 0.689. The summed E-state index contributed by atoms with van der Waals surface area (Å²) in [5.41, 5.74) is 5.04. The zero-order chi connectivity index (χ0) is 7.56. The standard InChI is InChI=1S/C6H7F2NO/c7-6(8)5(9)4-2-1-3-10-4/h1-3,5-6H,9H2/t5-/m1/s1. The molecule has 56 valence electrons. The molecule has 0 aliphatic rings. The van der Waals surface area contributed by atoms with E-state index in [1.54, 1.807) is 0 Å². The molecule has 0 saturated carbocycles. The molecule has 0 unspecified atom stereocenters. The normalized spacial score (nSPS) is 14.0. The second-order valence-electron chi connectivity index (χ2n) is 1.88. The van der Waals surface area contributed by atoms with Gasteiger partial charge in [-0.1, -0.05) is 0 Å². The molecule has 0 spiro atoms. The van der Waals surface area contributed by atoms with Crippen LogP contribution in [0.1, 0.15) is 11.8 Å². The van der Waals surface area contributed by atoms with Gasteiger partial charge in [-0.05, 0) is 12.1 Å². The molecule has 0 aliphatic heterocycles. The predicted molar refractivity (Wildman–Crippen MR) is 31.6 cm³/mol. The van der Waals surface area contributed by atoms with Gasteiger partial charge in [-0.3, -0.25) is 0 Å². The summed E-state index contributed by atoms with van der Waals surface area (Å²) in [5.74, 6) is 0.120. The average molecular weight is 147 g/mol. The zero-order valence-electron chi connectivity index (χ0n) is 5.13. The minimum absolute atomic E-state index is 0.120. The molecule has 1 aromatic rings. The second kappa shape index (κ2) is 2.79. The van der Waals surface area contributed by atoms with Gasteiger partial charge in [-0.15, -0.1) is 0 Å². The lowest BCUT2D eigenvalue weighted by Gasteiger charge is -2.04. The number of halogens is 2. The summed E-state index contributed by atoms with van der Waals surface area (Å²) >= 11 is 0. The zero-order valence-corrected chi connectivity index (χ0v) is 5.13. The molecule has 0 amide bonds. The van der Waals surface area contributed by atoms with Crippen LogP contribution in [0.15, 0.2) is 22.8 Å². The Hall–Kier alpha value is -0.900. The van der Waals surface area contributed by atoms with Gasteiger partial charge < -0.3 is 10.2 Å². The summed E-state index contributed by atoms with van der Waals surface area (Å²) in [6, 6.07) is 1.66. The van der Waals surface area contributed by atoms with Crippen molar-refractivity contribution in [2.24, 2.45) is 5.73 Å². The topological polar surface area (TPSA) is 39.2 Å². The molecule has 0 bridgehead atoms. The fourth-order valence-corrected chi connectivity index (χ4v) is 0.605. The van der Waals surface area contributed by atoms with Gasteiger partial charge in [0.2, 0.25) is 0 Å². The summed E-state index contributed by atoms with van der Waals surface area (Å²) in [6.07, 6.45) is -1.25. The first kappa shape index (κ1) is 7.21. The lowest BCUT2D eigenvalue weighted by Crippen LogP contribution is -2.17. The monoisotopic (exact) mass is 147 g/mol. The highest BCUT2D eigenvalue weighted by atomic mass is 19.3. The maximum Gasteiger partial charge on any atom is 0.260 e. The van der Waals surface area contributed by atoms with E-state index >= 15 is 0 Å². The van der Waals surface area contributed by atoms with Gasteiger partial charge >= 0.3 is 0 Å². The Labute approximate surface area is 56.6 Å². The van der Waals surface area contributed by atoms with Crippen molar-refractivity contribution in [1.29, 1.82) is 0 Å². The Morgan fingerprint density at radius 2 is 2.20 bits per heavy atom. The molecule has 0 saturated heterocycles. The Kier molecular flexibility index (Phi) is 2.01. The highest BCUT2D eigenvalue weighted by Crippen LogP contribution is 2.17. The molecule has 10 heavy (non-hydrogen) atoms. The van der Waals surface area contributed by atoms with Crippen molar-refractivity contribution >= 4 is 0 Å². The first-order chi connectivity index (χ1) is 4.72. The number of hydrogen-bond acceptors (Lipinski definition) is 2. The van der Waals surface area contributed by atoms with E-state index in [-0.39, 0.29) is 5.76 Å². The van der Waals surface area contributed by atoms with Crippen molar-refractivity contribution in [2.45, 2.75) is 12.5 Å². The average Bonchev–Trinajstić information content (AvgIpc) is 2.36. The molecule has 2 N–H and O–H groups in total. The van der Waals surface area contributed by atoms with Gasteiger partial charge in [0.1, 0.15) is 11.8 Å². The van der Waals surface area contributed by atoms with Crippen molar-refractivity contribution in [1.82, 2.24) is 0 Å². The second-order valence-corrected chi connectivity index (χ2v) is 1.88. The summed E-state index contributed by atoms with van der Waals surface area (Å²) in [4.78, 5) is 0. The van der Waals surface area contributed by atoms with Gasteiger partial charge in [0, 0.05) is 0 Å². The van der Waals surface area contributed by atoms with E-state index in [0.29, 0.717) is 0 Å². The van der Waals surface area contributed by atoms with Crippen LogP contribution in [-0.4, -0.2) is 6.43 Å². The van der Waals surface area contributed by atoms with Crippen molar-refractivity contribution < 1.29 is 13.2 Å². The van der Waals surface area contributed by atoms with Crippen molar-refractivity contribution in [3.8, 4) is 0 Å². The summed E-state index contributed by atoms with van der Waals surface area (Å²) < 4.78 is 28.3. The van der Waals surface area contributed by atoms with Crippen molar-refractivity contribution in [2.75, 3.05) is 0 Å². The number of hydrogen-bond donors (Lipinski definition) is 1. The summed E-state index contributed by atoms with van der Waals surface area (Å²) in [6.45, 7) is 0. The third-order valence-electron chi connectivity index (χ3n) is 1.14. The van der Waals surface area contributed by atoms with E-state index in [2.05, 4.69) is 4.42 Å². The minimum atomic E-state index is -2.56. The van der Waals surface area contributed by atoms with Crippen molar-refractivity contribution in [3.63, 3.8) is 0 Å². The van der Waals surface area contributed by atoms with Crippen LogP contribution < -0.4 is 5.73 Å². The minimum Gasteiger partial charge on any atom is -0.467 e.